The number of halogens is 3. The Labute approximate surface area is 280 Å². The van der Waals surface area contributed by atoms with Gasteiger partial charge in [-0.15, -0.1) is 4.41 Å². The van der Waals surface area contributed by atoms with Gasteiger partial charge in [0.2, 0.25) is 10.9 Å². The number of carbonyl (C=O) groups is 1. The van der Waals surface area contributed by atoms with Crippen molar-refractivity contribution in [1.29, 1.82) is 0 Å². The summed E-state index contributed by atoms with van der Waals surface area (Å²) in [6.07, 6.45) is 6.21. The fourth-order valence-electron chi connectivity index (χ4n) is 7.34. The molecule has 0 N–H and O–H groups in total. The topological polar surface area (TPSA) is 112 Å². The lowest BCUT2D eigenvalue weighted by Gasteiger charge is -2.54. The van der Waals surface area contributed by atoms with Gasteiger partial charge in [0.05, 0.1) is 43.6 Å². The van der Waals surface area contributed by atoms with E-state index in [1.807, 2.05) is 20.8 Å². The lowest BCUT2D eigenvalue weighted by molar-refractivity contribution is -0.204. The van der Waals surface area contributed by atoms with Crippen LogP contribution < -0.4 is 9.64 Å². The van der Waals surface area contributed by atoms with E-state index in [9.17, 15) is 26.4 Å². The van der Waals surface area contributed by atoms with Gasteiger partial charge >= 0.3 is 0 Å². The predicted octanol–water partition coefficient (Wildman–Crippen LogP) is 3.42. The van der Waals surface area contributed by atoms with E-state index in [2.05, 4.69) is 19.8 Å². The first kappa shape index (κ1) is 34.8. The van der Waals surface area contributed by atoms with Crippen molar-refractivity contribution >= 4 is 22.6 Å². The van der Waals surface area contributed by atoms with Gasteiger partial charge in [0, 0.05) is 37.6 Å². The summed E-state index contributed by atoms with van der Waals surface area (Å²) in [4.78, 5) is 28.2. The van der Waals surface area contributed by atoms with Crippen LogP contribution >= 0.6 is 0 Å². The Balaban J connectivity index is 1.01. The van der Waals surface area contributed by atoms with Crippen LogP contribution in [-0.4, -0.2) is 127 Å². The van der Waals surface area contributed by atoms with Gasteiger partial charge in [0.25, 0.3) is 11.8 Å². The summed E-state index contributed by atoms with van der Waals surface area (Å²) in [5.41, 5.74) is 0.274. The molecular formula is C32H44F3N7O5S. The highest BCUT2D eigenvalue weighted by atomic mass is 32.2. The molecule has 1 spiro atoms. The van der Waals surface area contributed by atoms with Crippen molar-refractivity contribution < 1.29 is 35.9 Å². The van der Waals surface area contributed by atoms with Crippen LogP contribution in [0.3, 0.4) is 0 Å². The molecule has 264 valence electrons. The lowest BCUT2D eigenvalue weighted by atomic mass is 9.72. The molecule has 4 fully saturated rings. The summed E-state index contributed by atoms with van der Waals surface area (Å²) in [6.45, 7) is 9.33. The third kappa shape index (κ3) is 7.42. The van der Waals surface area contributed by atoms with Crippen molar-refractivity contribution in [3.63, 3.8) is 0 Å². The average Bonchev–Trinajstić information content (AvgIpc) is 3.01. The van der Waals surface area contributed by atoms with Crippen molar-refractivity contribution in [2.24, 2.45) is 5.41 Å². The molecule has 4 aliphatic rings. The molecule has 0 saturated carbocycles. The zero-order valence-electron chi connectivity index (χ0n) is 27.6. The van der Waals surface area contributed by atoms with E-state index in [-0.39, 0.29) is 41.4 Å². The predicted molar refractivity (Wildman–Crippen MR) is 172 cm³/mol. The fourth-order valence-corrected chi connectivity index (χ4v) is 8.12. The summed E-state index contributed by atoms with van der Waals surface area (Å²) in [5, 5.41) is 1.19. The number of carbonyl (C=O) groups excluding carboxylic acids is 1. The third-order valence-corrected chi connectivity index (χ3v) is 10.9. The number of ether oxygens (including phenoxy) is 2. The van der Waals surface area contributed by atoms with Crippen molar-refractivity contribution in [1.82, 2.24) is 29.2 Å². The molecule has 6 rings (SSSR count). The Morgan fingerprint density at radius 3 is 2.46 bits per heavy atom. The van der Waals surface area contributed by atoms with Gasteiger partial charge in [-0.2, -0.15) is 0 Å². The molecule has 4 saturated heterocycles. The average molecular weight is 696 g/mol. The van der Waals surface area contributed by atoms with Crippen molar-refractivity contribution in [2.75, 3.05) is 63.9 Å². The number of nitrogens with zero attached hydrogens (tertiary/aromatic N) is 7. The van der Waals surface area contributed by atoms with Gasteiger partial charge in [-0.3, -0.25) is 4.79 Å². The second-order valence-corrected chi connectivity index (χ2v) is 14.6. The van der Waals surface area contributed by atoms with Gasteiger partial charge in [-0.25, -0.2) is 36.6 Å². The molecule has 1 aromatic heterocycles. The molecule has 0 aliphatic carbocycles. The van der Waals surface area contributed by atoms with Crippen molar-refractivity contribution in [3.8, 4) is 11.5 Å². The van der Waals surface area contributed by atoms with E-state index in [1.54, 1.807) is 11.1 Å². The summed E-state index contributed by atoms with van der Waals surface area (Å²) in [5.74, 6) is -2.42. The maximum atomic E-state index is 14.3. The van der Waals surface area contributed by atoms with Crippen LogP contribution in [0.5, 0.6) is 11.5 Å². The lowest BCUT2D eigenvalue weighted by Crippen LogP contribution is -2.65. The number of rotatable bonds is 11. The number of piperidine rings is 1. The Hall–Kier alpha value is -3.05. The van der Waals surface area contributed by atoms with Gasteiger partial charge in [-0.1, -0.05) is 0 Å². The van der Waals surface area contributed by atoms with E-state index in [0.29, 0.717) is 31.0 Å². The van der Waals surface area contributed by atoms with Crippen LogP contribution in [0.2, 0.25) is 0 Å². The fraction of sp³-hybridized carbons (Fsp3) is 0.656. The Kier molecular flexibility index (Phi) is 10.2. The van der Waals surface area contributed by atoms with E-state index >= 15 is 0 Å². The summed E-state index contributed by atoms with van der Waals surface area (Å²) in [6, 6.07) is 3.42. The number of anilines is 1. The van der Waals surface area contributed by atoms with Crippen LogP contribution in [0.15, 0.2) is 30.7 Å². The molecule has 2 aromatic rings. The Morgan fingerprint density at radius 2 is 1.85 bits per heavy atom. The first-order valence-electron chi connectivity index (χ1n) is 16.6. The van der Waals surface area contributed by atoms with E-state index < -0.39 is 41.8 Å². The minimum atomic E-state index is -3.02. The number of likely N-dealkylation sites (tertiary alicyclic amines) is 1. The molecule has 16 heteroatoms. The van der Waals surface area contributed by atoms with Gasteiger partial charge in [-0.05, 0) is 77.7 Å². The molecule has 0 radical (unpaired) electrons. The first-order chi connectivity index (χ1) is 22.9. The Morgan fingerprint density at radius 1 is 1.12 bits per heavy atom. The number of aromatic nitrogens is 2. The SMILES string of the molecule is CCN(C(=O)c1cc(F)ccc1Oc1cncnc1N1CC2(CCN(C[C@@H]3CC[C@@H](N(N4CC(F)(F)C4)[SH](=O)=O)CO3)CC2)C1)C(C)C. The smallest absolute Gasteiger partial charge is 0.275 e. The zero-order valence-corrected chi connectivity index (χ0v) is 28.5. The van der Waals surface area contributed by atoms with E-state index in [1.165, 1.54) is 29.5 Å². The Bertz CT molecular complexity index is 1530. The van der Waals surface area contributed by atoms with Crippen LogP contribution in [0.1, 0.15) is 56.8 Å². The zero-order chi connectivity index (χ0) is 34.2. The second-order valence-electron chi connectivity index (χ2n) is 13.7. The van der Waals surface area contributed by atoms with Gasteiger partial charge in [0.15, 0.2) is 11.6 Å². The largest absolute Gasteiger partial charge is 0.451 e. The first-order valence-corrected chi connectivity index (χ1v) is 17.7. The number of amides is 1. The number of hydrogen-bond donors (Lipinski definition) is 1. The molecular weight excluding hydrogens is 651 g/mol. The van der Waals surface area contributed by atoms with Crippen molar-refractivity contribution in [3.05, 3.63) is 42.1 Å². The maximum Gasteiger partial charge on any atom is 0.275 e. The van der Waals surface area contributed by atoms with Gasteiger partial charge < -0.3 is 24.2 Å². The van der Waals surface area contributed by atoms with Crippen molar-refractivity contribution in [2.45, 2.75) is 70.6 Å². The number of alkyl halides is 2. The van der Waals surface area contributed by atoms with E-state index in [4.69, 9.17) is 9.47 Å². The summed E-state index contributed by atoms with van der Waals surface area (Å²) in [7, 11) is -3.02. The van der Waals surface area contributed by atoms with Crippen LogP contribution in [0, 0.1) is 11.2 Å². The number of thiol groups is 1. The standard InChI is InChI=1S/C32H44F3N7O5S/c1-4-41(22(2)3)30(43)26-13-23(33)5-8-27(26)47-28-14-36-21-37-29(28)39-17-31(18-39)9-11-38(12-10-31)15-25-7-6-24(16-46-25)42(48(44)45)40-19-32(34,35)20-40/h5,8,13-14,21-22,24-25,48H,4,6-7,9-12,15-20H2,1-3H3/t24-,25+/m1/s1. The quantitative estimate of drug-likeness (QED) is 0.351. The molecule has 48 heavy (non-hydrogen) atoms. The molecule has 12 nitrogen and oxygen atoms in total. The highest BCUT2D eigenvalue weighted by Crippen LogP contribution is 2.45. The minimum Gasteiger partial charge on any atom is -0.451 e. The number of hydrogen-bond acceptors (Lipinski definition) is 10. The highest BCUT2D eigenvalue weighted by Gasteiger charge is 2.50. The van der Waals surface area contributed by atoms with Crippen LogP contribution in [0.25, 0.3) is 0 Å². The molecule has 4 aliphatic heterocycles. The van der Waals surface area contributed by atoms with Crippen LogP contribution in [-0.2, 0) is 15.6 Å². The molecule has 5 heterocycles. The monoisotopic (exact) mass is 695 g/mol. The highest BCUT2D eigenvalue weighted by molar-refractivity contribution is 7.69. The second kappa shape index (κ2) is 14.1. The van der Waals surface area contributed by atoms with Gasteiger partial charge in [0.1, 0.15) is 17.9 Å². The molecule has 0 bridgehead atoms. The van der Waals surface area contributed by atoms with E-state index in [0.717, 1.165) is 50.0 Å². The molecule has 1 aromatic carbocycles. The molecule has 2 atom stereocenters. The minimum absolute atomic E-state index is 0.0358. The number of benzene rings is 1. The third-order valence-electron chi connectivity index (χ3n) is 9.96. The normalized spacial score (nSPS) is 24.1. The summed E-state index contributed by atoms with van der Waals surface area (Å²) >= 11 is 0. The molecule has 1 amide bonds. The maximum absolute atomic E-state index is 14.3. The molecule has 0 unspecified atom stereocenters. The summed E-state index contributed by atoms with van der Waals surface area (Å²) < 4.78 is 77.9. The van der Waals surface area contributed by atoms with Crippen LogP contribution in [0.4, 0.5) is 19.0 Å². The number of hydrazine groups is 1.